The maximum Gasteiger partial charge on any atom is 0.309 e. The Kier molecular flexibility index (Phi) is 2.96. The molecule has 0 aromatic rings. The van der Waals surface area contributed by atoms with Crippen LogP contribution in [-0.2, 0) is 9.53 Å². The van der Waals surface area contributed by atoms with Gasteiger partial charge in [-0.15, -0.1) is 0 Å². The highest BCUT2D eigenvalue weighted by Gasteiger charge is 2.31. The van der Waals surface area contributed by atoms with E-state index in [9.17, 15) is 4.79 Å². The Morgan fingerprint density at radius 3 is 2.38 bits per heavy atom. The first kappa shape index (κ1) is 10.5. The molecule has 76 valence electrons. The summed E-state index contributed by atoms with van der Waals surface area (Å²) >= 11 is 0. The number of rotatable bonds is 1. The predicted octanol–water partition coefficient (Wildman–Crippen LogP) is 1.46. The third-order valence-corrected chi connectivity index (χ3v) is 2.21. The Labute approximate surface area is 79.6 Å². The molecule has 1 aliphatic carbocycles. The molecule has 3 heteroatoms. The van der Waals surface area contributed by atoms with Crippen LogP contribution < -0.4 is 5.73 Å². The Hall–Kier alpha value is -0.570. The summed E-state index contributed by atoms with van der Waals surface area (Å²) in [5, 5.41) is 0. The minimum atomic E-state index is -0.371. The van der Waals surface area contributed by atoms with E-state index < -0.39 is 0 Å². The van der Waals surface area contributed by atoms with Gasteiger partial charge in [-0.2, -0.15) is 0 Å². The van der Waals surface area contributed by atoms with E-state index in [0.29, 0.717) is 0 Å². The third-order valence-electron chi connectivity index (χ3n) is 2.21. The fourth-order valence-electron chi connectivity index (χ4n) is 1.62. The van der Waals surface area contributed by atoms with Gasteiger partial charge in [-0.25, -0.2) is 0 Å². The number of ether oxygens (including phenoxy) is 1. The molecule has 13 heavy (non-hydrogen) atoms. The zero-order valence-corrected chi connectivity index (χ0v) is 8.67. The molecule has 0 spiro atoms. The van der Waals surface area contributed by atoms with E-state index in [0.717, 1.165) is 19.3 Å². The van der Waals surface area contributed by atoms with E-state index in [2.05, 4.69) is 0 Å². The van der Waals surface area contributed by atoms with Gasteiger partial charge >= 0.3 is 5.97 Å². The van der Waals surface area contributed by atoms with E-state index in [1.54, 1.807) is 0 Å². The number of carbonyl (C=O) groups is 1. The average molecular weight is 185 g/mol. The first-order valence-corrected chi connectivity index (χ1v) is 4.87. The fourth-order valence-corrected chi connectivity index (χ4v) is 1.62. The summed E-state index contributed by atoms with van der Waals surface area (Å²) in [6.07, 6.45) is 2.62. The van der Waals surface area contributed by atoms with E-state index >= 15 is 0 Å². The van der Waals surface area contributed by atoms with Crippen LogP contribution in [0.2, 0.25) is 0 Å². The quantitative estimate of drug-likeness (QED) is 0.629. The molecule has 0 aliphatic heterocycles. The van der Waals surface area contributed by atoms with E-state index in [1.165, 1.54) is 0 Å². The first-order valence-electron chi connectivity index (χ1n) is 4.87. The van der Waals surface area contributed by atoms with Gasteiger partial charge < -0.3 is 10.5 Å². The average Bonchev–Trinajstić information content (AvgIpc) is 2.31. The molecule has 0 heterocycles. The number of esters is 1. The fraction of sp³-hybridized carbons (Fsp3) is 0.900. The molecule has 0 saturated heterocycles. The van der Waals surface area contributed by atoms with Gasteiger partial charge in [0.05, 0.1) is 5.92 Å². The van der Waals surface area contributed by atoms with Gasteiger partial charge in [0, 0.05) is 6.04 Å². The van der Waals surface area contributed by atoms with Gasteiger partial charge in [-0.1, -0.05) is 0 Å². The Morgan fingerprint density at radius 1 is 1.38 bits per heavy atom. The lowest BCUT2D eigenvalue weighted by atomic mass is 10.1. The molecule has 0 bridgehead atoms. The van der Waals surface area contributed by atoms with Crippen molar-refractivity contribution < 1.29 is 9.53 Å². The summed E-state index contributed by atoms with van der Waals surface area (Å²) in [6, 6.07) is 0.192. The Bertz CT molecular complexity index is 196. The molecule has 0 unspecified atom stereocenters. The lowest BCUT2D eigenvalue weighted by Gasteiger charge is -2.21. The maximum atomic E-state index is 11.5. The van der Waals surface area contributed by atoms with Crippen molar-refractivity contribution in [3.8, 4) is 0 Å². The third kappa shape index (κ3) is 3.35. The lowest BCUT2D eigenvalue weighted by molar-refractivity contribution is -0.159. The van der Waals surface area contributed by atoms with Crippen LogP contribution >= 0.6 is 0 Å². The Morgan fingerprint density at radius 2 is 2.00 bits per heavy atom. The second kappa shape index (κ2) is 3.66. The molecule has 1 rings (SSSR count). The van der Waals surface area contributed by atoms with E-state index in [4.69, 9.17) is 10.5 Å². The zero-order valence-electron chi connectivity index (χ0n) is 8.67. The van der Waals surface area contributed by atoms with Crippen LogP contribution in [0.1, 0.15) is 40.0 Å². The van der Waals surface area contributed by atoms with Crippen molar-refractivity contribution in [1.29, 1.82) is 0 Å². The number of carbonyl (C=O) groups excluding carboxylic acids is 1. The van der Waals surface area contributed by atoms with Crippen molar-refractivity contribution >= 4 is 5.97 Å². The SMILES string of the molecule is CC(C)(C)OC(=O)[C@@H]1CC[C@@H](N)C1. The molecule has 2 N–H and O–H groups in total. The minimum Gasteiger partial charge on any atom is -0.460 e. The molecule has 0 aromatic carbocycles. The highest BCUT2D eigenvalue weighted by Crippen LogP contribution is 2.26. The normalized spacial score (nSPS) is 28.9. The van der Waals surface area contributed by atoms with Crippen LogP contribution in [0.3, 0.4) is 0 Å². The van der Waals surface area contributed by atoms with E-state index in [-0.39, 0.29) is 23.5 Å². The number of hydrogen-bond donors (Lipinski definition) is 1. The second-order valence-corrected chi connectivity index (χ2v) is 4.80. The molecule has 1 aliphatic rings. The standard InChI is InChI=1S/C10H19NO2/c1-10(2,3)13-9(12)7-4-5-8(11)6-7/h7-8H,4-6,11H2,1-3H3/t7-,8-/m1/s1. The molecular formula is C10H19NO2. The van der Waals surface area contributed by atoms with Crippen molar-refractivity contribution in [2.45, 2.75) is 51.7 Å². The largest absolute Gasteiger partial charge is 0.460 e. The van der Waals surface area contributed by atoms with Gasteiger partial charge in [0.1, 0.15) is 5.60 Å². The molecule has 0 amide bonds. The molecule has 3 nitrogen and oxygen atoms in total. The minimum absolute atomic E-state index is 0.0363. The molecule has 1 fully saturated rings. The molecular weight excluding hydrogens is 166 g/mol. The summed E-state index contributed by atoms with van der Waals surface area (Å²) in [7, 11) is 0. The van der Waals surface area contributed by atoms with Crippen LogP contribution in [0.25, 0.3) is 0 Å². The van der Waals surface area contributed by atoms with Crippen molar-refractivity contribution in [3.05, 3.63) is 0 Å². The van der Waals surface area contributed by atoms with Gasteiger partial charge in [0.15, 0.2) is 0 Å². The molecule has 0 radical (unpaired) electrons. The second-order valence-electron chi connectivity index (χ2n) is 4.80. The summed E-state index contributed by atoms with van der Waals surface area (Å²) in [4.78, 5) is 11.5. The molecule has 2 atom stereocenters. The van der Waals surface area contributed by atoms with Crippen LogP contribution in [0.4, 0.5) is 0 Å². The van der Waals surface area contributed by atoms with Crippen LogP contribution in [-0.4, -0.2) is 17.6 Å². The highest BCUT2D eigenvalue weighted by atomic mass is 16.6. The summed E-state index contributed by atoms with van der Waals surface area (Å²) in [6.45, 7) is 5.67. The monoisotopic (exact) mass is 185 g/mol. The van der Waals surface area contributed by atoms with Gasteiger partial charge in [0.25, 0.3) is 0 Å². The van der Waals surface area contributed by atoms with Gasteiger partial charge in [0.2, 0.25) is 0 Å². The number of nitrogens with two attached hydrogens (primary N) is 1. The highest BCUT2D eigenvalue weighted by molar-refractivity contribution is 5.73. The van der Waals surface area contributed by atoms with Crippen molar-refractivity contribution in [1.82, 2.24) is 0 Å². The smallest absolute Gasteiger partial charge is 0.309 e. The van der Waals surface area contributed by atoms with Crippen LogP contribution in [0.15, 0.2) is 0 Å². The Balaban J connectivity index is 2.41. The van der Waals surface area contributed by atoms with Gasteiger partial charge in [-0.3, -0.25) is 4.79 Å². The lowest BCUT2D eigenvalue weighted by Crippen LogP contribution is -2.28. The predicted molar refractivity (Wildman–Crippen MR) is 51.2 cm³/mol. The molecule has 0 aromatic heterocycles. The first-order chi connectivity index (χ1) is 5.88. The van der Waals surface area contributed by atoms with E-state index in [1.807, 2.05) is 20.8 Å². The summed E-state index contributed by atoms with van der Waals surface area (Å²) < 4.78 is 5.28. The van der Waals surface area contributed by atoms with Gasteiger partial charge in [-0.05, 0) is 40.0 Å². The maximum absolute atomic E-state index is 11.5. The topological polar surface area (TPSA) is 52.3 Å². The summed E-state index contributed by atoms with van der Waals surface area (Å²) in [5.74, 6) is -0.0466. The van der Waals surface area contributed by atoms with Crippen molar-refractivity contribution in [2.24, 2.45) is 11.7 Å². The van der Waals surface area contributed by atoms with Crippen LogP contribution in [0, 0.1) is 5.92 Å². The number of hydrogen-bond acceptors (Lipinski definition) is 3. The summed E-state index contributed by atoms with van der Waals surface area (Å²) in [5.41, 5.74) is 5.35. The zero-order chi connectivity index (χ0) is 10.1. The van der Waals surface area contributed by atoms with Crippen LogP contribution in [0.5, 0.6) is 0 Å². The van der Waals surface area contributed by atoms with Crippen molar-refractivity contribution in [3.63, 3.8) is 0 Å². The molecule has 1 saturated carbocycles. The van der Waals surface area contributed by atoms with Crippen molar-refractivity contribution in [2.75, 3.05) is 0 Å².